The van der Waals surface area contributed by atoms with Crippen molar-refractivity contribution in [3.8, 4) is 0 Å². The van der Waals surface area contributed by atoms with Gasteiger partial charge in [-0.2, -0.15) is 0 Å². The number of rotatable bonds is 1. The van der Waals surface area contributed by atoms with Gasteiger partial charge in [-0.3, -0.25) is 0 Å². The number of hydrogen-bond acceptors (Lipinski definition) is 1. The molecule has 0 aromatic rings. The predicted octanol–water partition coefficient (Wildman–Crippen LogP) is 3.01. The summed E-state index contributed by atoms with van der Waals surface area (Å²) in [6.45, 7) is 9.80. The SMILES string of the molecule is CC(C)C1CCN(C)CCC[C@H]1C. The van der Waals surface area contributed by atoms with Crippen LogP contribution in [-0.2, 0) is 0 Å². The molecule has 0 bridgehead atoms. The lowest BCUT2D eigenvalue weighted by atomic mass is 9.79. The summed E-state index contributed by atoms with van der Waals surface area (Å²) in [5.74, 6) is 2.75. The van der Waals surface area contributed by atoms with Crippen molar-refractivity contribution in [2.45, 2.75) is 40.0 Å². The first-order valence-electron chi connectivity index (χ1n) is 5.79. The van der Waals surface area contributed by atoms with Crippen LogP contribution in [0.5, 0.6) is 0 Å². The molecule has 0 N–H and O–H groups in total. The van der Waals surface area contributed by atoms with Crippen LogP contribution in [0.25, 0.3) is 0 Å². The second-order valence-electron chi connectivity index (χ2n) is 5.12. The molecule has 1 aliphatic rings. The highest BCUT2D eigenvalue weighted by Gasteiger charge is 2.22. The zero-order valence-electron chi connectivity index (χ0n) is 9.71. The van der Waals surface area contributed by atoms with Crippen LogP contribution in [0.3, 0.4) is 0 Å². The topological polar surface area (TPSA) is 3.24 Å². The van der Waals surface area contributed by atoms with Gasteiger partial charge in [0.15, 0.2) is 0 Å². The molecule has 2 atom stereocenters. The molecule has 1 aliphatic heterocycles. The third-order valence-electron chi connectivity index (χ3n) is 3.63. The van der Waals surface area contributed by atoms with Gasteiger partial charge in [0.1, 0.15) is 0 Å². The van der Waals surface area contributed by atoms with Gasteiger partial charge >= 0.3 is 0 Å². The van der Waals surface area contributed by atoms with E-state index in [-0.39, 0.29) is 0 Å². The van der Waals surface area contributed by atoms with Gasteiger partial charge in [0.05, 0.1) is 0 Å². The van der Waals surface area contributed by atoms with E-state index in [0.717, 1.165) is 17.8 Å². The molecule has 1 saturated heterocycles. The fourth-order valence-corrected chi connectivity index (χ4v) is 2.65. The predicted molar refractivity (Wildman–Crippen MR) is 58.8 cm³/mol. The van der Waals surface area contributed by atoms with E-state index in [1.807, 2.05) is 0 Å². The first-order valence-corrected chi connectivity index (χ1v) is 5.79. The second-order valence-corrected chi connectivity index (χ2v) is 5.12. The quantitative estimate of drug-likeness (QED) is 0.604. The molecule has 78 valence electrons. The van der Waals surface area contributed by atoms with Crippen molar-refractivity contribution in [2.75, 3.05) is 20.1 Å². The van der Waals surface area contributed by atoms with Crippen LogP contribution in [0.15, 0.2) is 0 Å². The van der Waals surface area contributed by atoms with Gasteiger partial charge in [0.25, 0.3) is 0 Å². The molecule has 0 saturated carbocycles. The first-order chi connectivity index (χ1) is 6.11. The molecule has 1 heterocycles. The van der Waals surface area contributed by atoms with Crippen LogP contribution in [0, 0.1) is 17.8 Å². The van der Waals surface area contributed by atoms with Crippen molar-refractivity contribution in [1.29, 1.82) is 0 Å². The molecule has 0 aromatic heterocycles. The van der Waals surface area contributed by atoms with Gasteiger partial charge in [-0.05, 0) is 57.2 Å². The van der Waals surface area contributed by atoms with Crippen molar-refractivity contribution >= 4 is 0 Å². The zero-order valence-corrected chi connectivity index (χ0v) is 9.71. The second kappa shape index (κ2) is 4.99. The van der Waals surface area contributed by atoms with E-state index in [2.05, 4.69) is 32.7 Å². The third-order valence-corrected chi connectivity index (χ3v) is 3.63. The summed E-state index contributed by atoms with van der Waals surface area (Å²) in [6.07, 6.45) is 4.21. The maximum Gasteiger partial charge on any atom is -0.00189 e. The van der Waals surface area contributed by atoms with Crippen LogP contribution in [0.2, 0.25) is 0 Å². The van der Waals surface area contributed by atoms with E-state index in [1.54, 1.807) is 0 Å². The van der Waals surface area contributed by atoms with Crippen molar-refractivity contribution in [3.05, 3.63) is 0 Å². The molecule has 0 radical (unpaired) electrons. The Bertz CT molecular complexity index is 142. The fourth-order valence-electron chi connectivity index (χ4n) is 2.65. The molecule has 1 fully saturated rings. The lowest BCUT2D eigenvalue weighted by Gasteiger charge is -2.32. The van der Waals surface area contributed by atoms with Gasteiger partial charge in [0.2, 0.25) is 0 Å². The molecular weight excluding hydrogens is 158 g/mol. The van der Waals surface area contributed by atoms with Crippen molar-refractivity contribution < 1.29 is 0 Å². The summed E-state index contributed by atoms with van der Waals surface area (Å²) in [5.41, 5.74) is 0. The van der Waals surface area contributed by atoms with Crippen LogP contribution in [0.4, 0.5) is 0 Å². The van der Waals surface area contributed by atoms with Crippen molar-refractivity contribution in [2.24, 2.45) is 17.8 Å². The number of hydrogen-bond donors (Lipinski definition) is 0. The van der Waals surface area contributed by atoms with E-state index in [4.69, 9.17) is 0 Å². The maximum absolute atomic E-state index is 2.49. The van der Waals surface area contributed by atoms with Gasteiger partial charge in [-0.15, -0.1) is 0 Å². The summed E-state index contributed by atoms with van der Waals surface area (Å²) in [6, 6.07) is 0. The summed E-state index contributed by atoms with van der Waals surface area (Å²) in [4.78, 5) is 2.49. The molecule has 0 aliphatic carbocycles. The Kier molecular flexibility index (Phi) is 4.24. The summed E-state index contributed by atoms with van der Waals surface area (Å²) in [5, 5.41) is 0. The highest BCUT2D eigenvalue weighted by Crippen LogP contribution is 2.29. The van der Waals surface area contributed by atoms with Crippen LogP contribution in [-0.4, -0.2) is 25.0 Å². The molecular formula is C12H25N. The molecule has 0 aromatic carbocycles. The molecule has 0 spiro atoms. The zero-order chi connectivity index (χ0) is 9.84. The van der Waals surface area contributed by atoms with E-state index in [0.29, 0.717) is 0 Å². The van der Waals surface area contributed by atoms with E-state index >= 15 is 0 Å². The molecule has 13 heavy (non-hydrogen) atoms. The first kappa shape index (κ1) is 11.0. The lowest BCUT2D eigenvalue weighted by Crippen LogP contribution is -2.30. The average Bonchev–Trinajstić information content (AvgIpc) is 2.01. The Balaban J connectivity index is 2.48. The van der Waals surface area contributed by atoms with Crippen molar-refractivity contribution in [1.82, 2.24) is 4.90 Å². The van der Waals surface area contributed by atoms with Gasteiger partial charge < -0.3 is 4.90 Å². The summed E-state index contributed by atoms with van der Waals surface area (Å²) < 4.78 is 0. The Morgan fingerprint density at radius 2 is 1.85 bits per heavy atom. The minimum Gasteiger partial charge on any atom is -0.306 e. The molecule has 0 amide bonds. The average molecular weight is 183 g/mol. The van der Waals surface area contributed by atoms with Crippen molar-refractivity contribution in [3.63, 3.8) is 0 Å². The lowest BCUT2D eigenvalue weighted by molar-refractivity contribution is 0.173. The summed E-state index contributed by atoms with van der Waals surface area (Å²) >= 11 is 0. The highest BCUT2D eigenvalue weighted by atomic mass is 15.1. The van der Waals surface area contributed by atoms with Gasteiger partial charge in [-0.1, -0.05) is 20.8 Å². The minimum absolute atomic E-state index is 0.862. The molecule has 1 nitrogen and oxygen atoms in total. The Morgan fingerprint density at radius 1 is 1.15 bits per heavy atom. The Labute approximate surface area is 83.5 Å². The third kappa shape index (κ3) is 3.30. The standard InChI is InChI=1S/C12H25N/c1-10(2)12-7-9-13(4)8-5-6-11(12)3/h10-12H,5-9H2,1-4H3/t11-,12?/m1/s1. The molecule has 1 unspecified atom stereocenters. The van der Waals surface area contributed by atoms with Gasteiger partial charge in [-0.25, -0.2) is 0 Å². The summed E-state index contributed by atoms with van der Waals surface area (Å²) in [7, 11) is 2.26. The highest BCUT2D eigenvalue weighted by molar-refractivity contribution is 4.74. The monoisotopic (exact) mass is 183 g/mol. The van der Waals surface area contributed by atoms with E-state index in [9.17, 15) is 0 Å². The van der Waals surface area contributed by atoms with Crippen LogP contribution in [0.1, 0.15) is 40.0 Å². The Morgan fingerprint density at radius 3 is 2.46 bits per heavy atom. The minimum atomic E-state index is 0.862. The number of likely N-dealkylation sites (tertiary alicyclic amines) is 1. The van der Waals surface area contributed by atoms with Crippen LogP contribution >= 0.6 is 0 Å². The van der Waals surface area contributed by atoms with E-state index in [1.165, 1.54) is 32.4 Å². The molecule has 1 rings (SSSR count). The fraction of sp³-hybridized carbons (Fsp3) is 1.00. The van der Waals surface area contributed by atoms with Crippen LogP contribution < -0.4 is 0 Å². The Hall–Kier alpha value is -0.0400. The maximum atomic E-state index is 2.49. The smallest absolute Gasteiger partial charge is 0.00189 e. The van der Waals surface area contributed by atoms with E-state index < -0.39 is 0 Å². The number of nitrogens with zero attached hydrogens (tertiary/aromatic N) is 1. The molecule has 1 heteroatoms. The largest absolute Gasteiger partial charge is 0.306 e. The normalized spacial score (nSPS) is 33.0. The van der Waals surface area contributed by atoms with Gasteiger partial charge in [0, 0.05) is 0 Å².